The van der Waals surface area contributed by atoms with E-state index in [2.05, 4.69) is 21.2 Å². The Morgan fingerprint density at radius 3 is 2.57 bits per heavy atom. The van der Waals surface area contributed by atoms with Crippen LogP contribution in [0.5, 0.6) is 5.75 Å². The predicted octanol–water partition coefficient (Wildman–Crippen LogP) is 4.40. The number of nitrogens with zero attached hydrogens (tertiary/aromatic N) is 2. The molecule has 1 aromatic heterocycles. The van der Waals surface area contributed by atoms with Crippen LogP contribution in [-0.4, -0.2) is 28.5 Å². The zero-order valence-electron chi connectivity index (χ0n) is 17.3. The van der Waals surface area contributed by atoms with Crippen molar-refractivity contribution in [1.82, 2.24) is 4.98 Å². The van der Waals surface area contributed by atoms with Crippen molar-refractivity contribution in [2.75, 3.05) is 13.4 Å². The molecule has 0 radical (unpaired) electrons. The summed E-state index contributed by atoms with van der Waals surface area (Å²) in [6.45, 7) is 3.85. The van der Waals surface area contributed by atoms with Gasteiger partial charge >= 0.3 is 0 Å². The average molecular weight is 419 g/mol. The van der Waals surface area contributed by atoms with Crippen molar-refractivity contribution in [2.45, 2.75) is 18.7 Å². The van der Waals surface area contributed by atoms with Crippen LogP contribution in [0.15, 0.2) is 70.2 Å². The van der Waals surface area contributed by atoms with E-state index in [9.17, 15) is 9.00 Å². The minimum absolute atomic E-state index is 0.246. The molecule has 5 nitrogen and oxygen atoms in total. The SMILES string of the molecule is COc1ccc(C#Cc2cncc(C(=O)N=S(C)(=O)c3cccc(C)c3)c2)c(C)c1. The molecule has 6 heteroatoms. The number of ether oxygens (including phenoxy) is 1. The molecule has 152 valence electrons. The second-order valence-electron chi connectivity index (χ2n) is 6.91. The van der Waals surface area contributed by atoms with Gasteiger partial charge in [0.05, 0.1) is 22.4 Å². The molecule has 0 saturated heterocycles. The maximum Gasteiger partial charge on any atom is 0.286 e. The maximum absolute atomic E-state index is 13.0. The van der Waals surface area contributed by atoms with Crippen LogP contribution in [0.1, 0.15) is 32.6 Å². The maximum atomic E-state index is 13.0. The van der Waals surface area contributed by atoms with Gasteiger partial charge in [-0.15, -0.1) is 0 Å². The van der Waals surface area contributed by atoms with Gasteiger partial charge in [0.2, 0.25) is 0 Å². The van der Waals surface area contributed by atoms with Gasteiger partial charge in [0.1, 0.15) is 5.75 Å². The van der Waals surface area contributed by atoms with Crippen LogP contribution in [0.4, 0.5) is 0 Å². The lowest BCUT2D eigenvalue weighted by Crippen LogP contribution is -2.04. The third-order valence-corrected chi connectivity index (χ3v) is 6.09. The van der Waals surface area contributed by atoms with Gasteiger partial charge in [0.15, 0.2) is 0 Å². The summed E-state index contributed by atoms with van der Waals surface area (Å²) in [6, 6.07) is 14.4. The average Bonchev–Trinajstić information content (AvgIpc) is 2.72. The van der Waals surface area contributed by atoms with E-state index in [0.29, 0.717) is 10.5 Å². The van der Waals surface area contributed by atoms with Gasteiger partial charge in [-0.3, -0.25) is 9.78 Å². The summed E-state index contributed by atoms with van der Waals surface area (Å²) in [7, 11) is -1.24. The van der Waals surface area contributed by atoms with E-state index >= 15 is 0 Å². The summed E-state index contributed by atoms with van der Waals surface area (Å²) in [4.78, 5) is 17.2. The van der Waals surface area contributed by atoms with Crippen LogP contribution in [0.25, 0.3) is 0 Å². The molecule has 1 heterocycles. The monoisotopic (exact) mass is 418 g/mol. The third-order valence-electron chi connectivity index (χ3n) is 4.44. The molecule has 2 aromatic carbocycles. The Hall–Kier alpha value is -3.43. The first kappa shape index (κ1) is 21.3. The van der Waals surface area contributed by atoms with Crippen molar-refractivity contribution >= 4 is 15.6 Å². The zero-order chi connectivity index (χ0) is 21.7. The Bertz CT molecular complexity index is 1290. The van der Waals surface area contributed by atoms with E-state index in [1.54, 1.807) is 37.6 Å². The van der Waals surface area contributed by atoms with Gasteiger partial charge in [-0.1, -0.05) is 24.0 Å². The number of hydrogen-bond donors (Lipinski definition) is 0. The van der Waals surface area contributed by atoms with E-state index in [0.717, 1.165) is 22.4 Å². The van der Waals surface area contributed by atoms with E-state index < -0.39 is 15.6 Å². The Labute approximate surface area is 177 Å². The quantitative estimate of drug-likeness (QED) is 0.591. The molecule has 0 saturated carbocycles. The molecule has 0 spiro atoms. The van der Waals surface area contributed by atoms with Crippen LogP contribution in [0.3, 0.4) is 0 Å². The molecule has 1 atom stereocenters. The van der Waals surface area contributed by atoms with Gasteiger partial charge in [0, 0.05) is 34.7 Å². The number of amides is 1. The lowest BCUT2D eigenvalue weighted by molar-refractivity contribution is 0.100. The highest BCUT2D eigenvalue weighted by Gasteiger charge is 2.12. The molecule has 30 heavy (non-hydrogen) atoms. The molecule has 0 aliphatic carbocycles. The summed E-state index contributed by atoms with van der Waals surface area (Å²) in [5.41, 5.74) is 3.62. The number of benzene rings is 2. The van der Waals surface area contributed by atoms with Crippen molar-refractivity contribution in [3.63, 3.8) is 0 Å². The fourth-order valence-electron chi connectivity index (χ4n) is 2.78. The lowest BCUT2D eigenvalue weighted by Gasteiger charge is -2.05. The number of carbonyl (C=O) groups excluding carboxylic acids is 1. The van der Waals surface area contributed by atoms with Crippen LogP contribution >= 0.6 is 0 Å². The first-order valence-corrected chi connectivity index (χ1v) is 11.2. The Kier molecular flexibility index (Phi) is 6.34. The summed E-state index contributed by atoms with van der Waals surface area (Å²) in [5.74, 6) is 6.29. The molecule has 0 aliphatic heterocycles. The number of pyridine rings is 1. The smallest absolute Gasteiger partial charge is 0.286 e. The number of carbonyl (C=O) groups is 1. The highest BCUT2D eigenvalue weighted by Crippen LogP contribution is 2.17. The molecule has 0 bridgehead atoms. The molecule has 1 amide bonds. The van der Waals surface area contributed by atoms with Gasteiger partial charge < -0.3 is 4.74 Å². The summed E-state index contributed by atoms with van der Waals surface area (Å²) in [6.07, 6.45) is 4.44. The van der Waals surface area contributed by atoms with Crippen molar-refractivity contribution in [3.05, 3.63) is 88.7 Å². The van der Waals surface area contributed by atoms with E-state index in [4.69, 9.17) is 4.74 Å². The van der Waals surface area contributed by atoms with Gasteiger partial charge in [0.25, 0.3) is 5.91 Å². The van der Waals surface area contributed by atoms with Crippen molar-refractivity contribution < 1.29 is 13.7 Å². The lowest BCUT2D eigenvalue weighted by atomic mass is 10.1. The van der Waals surface area contributed by atoms with E-state index in [-0.39, 0.29) is 5.56 Å². The molecular formula is C24H22N2O3S. The second kappa shape index (κ2) is 8.93. The Morgan fingerprint density at radius 1 is 1.07 bits per heavy atom. The van der Waals surface area contributed by atoms with Crippen molar-refractivity contribution in [3.8, 4) is 17.6 Å². The van der Waals surface area contributed by atoms with Crippen molar-refractivity contribution in [1.29, 1.82) is 0 Å². The Morgan fingerprint density at radius 2 is 1.87 bits per heavy atom. The number of methoxy groups -OCH3 is 1. The normalized spacial score (nSPS) is 12.3. The van der Waals surface area contributed by atoms with Gasteiger partial charge in [-0.25, -0.2) is 4.21 Å². The minimum atomic E-state index is -2.86. The molecule has 0 N–H and O–H groups in total. The first-order chi connectivity index (χ1) is 14.3. The summed E-state index contributed by atoms with van der Waals surface area (Å²) in [5, 5.41) is 0. The number of aryl methyl sites for hydroxylation is 2. The molecule has 3 aromatic rings. The molecule has 3 rings (SSSR count). The first-order valence-electron chi connectivity index (χ1n) is 9.23. The van der Waals surface area contributed by atoms with Gasteiger partial charge in [-0.2, -0.15) is 4.36 Å². The topological polar surface area (TPSA) is 68.6 Å². The summed E-state index contributed by atoms with van der Waals surface area (Å²) < 4.78 is 22.1. The van der Waals surface area contributed by atoms with Gasteiger partial charge in [-0.05, 0) is 61.4 Å². The minimum Gasteiger partial charge on any atom is -0.497 e. The Balaban J connectivity index is 1.89. The molecule has 1 unspecified atom stereocenters. The molecule has 0 fully saturated rings. The van der Waals surface area contributed by atoms with Crippen molar-refractivity contribution in [2.24, 2.45) is 4.36 Å². The van der Waals surface area contributed by atoms with Crippen LogP contribution in [0.2, 0.25) is 0 Å². The highest BCUT2D eigenvalue weighted by molar-refractivity contribution is 7.93. The number of aromatic nitrogens is 1. The summed E-state index contributed by atoms with van der Waals surface area (Å²) >= 11 is 0. The van der Waals surface area contributed by atoms with E-state index in [1.165, 1.54) is 12.5 Å². The van der Waals surface area contributed by atoms with Crippen LogP contribution in [-0.2, 0) is 9.73 Å². The number of rotatable bonds is 3. The second-order valence-corrected chi connectivity index (χ2v) is 9.17. The van der Waals surface area contributed by atoms with Crippen LogP contribution < -0.4 is 4.74 Å². The largest absolute Gasteiger partial charge is 0.497 e. The predicted molar refractivity (Wildman–Crippen MR) is 118 cm³/mol. The van der Waals surface area contributed by atoms with E-state index in [1.807, 2.05) is 38.1 Å². The van der Waals surface area contributed by atoms with Crippen LogP contribution in [0, 0.1) is 25.7 Å². The molecule has 0 aliphatic rings. The zero-order valence-corrected chi connectivity index (χ0v) is 18.1. The fourth-order valence-corrected chi connectivity index (χ4v) is 4.05. The standard InChI is InChI=1S/C24H22N2O3S/c1-17-6-5-7-23(12-17)30(4,28)26-24(27)21-14-19(15-25-16-21)8-9-20-10-11-22(29-3)13-18(20)2/h5-7,10-16H,1-4H3. The third kappa shape index (κ3) is 5.13. The molecular weight excluding hydrogens is 396 g/mol. The number of hydrogen-bond acceptors (Lipinski definition) is 4. The fraction of sp³-hybridized carbons (Fsp3) is 0.167. The highest BCUT2D eigenvalue weighted by atomic mass is 32.2.